The maximum Gasteiger partial charge on any atom is 0.254 e. The van der Waals surface area contributed by atoms with Crippen LogP contribution in [0.3, 0.4) is 0 Å². The molecule has 1 aliphatic rings. The molecule has 2 heterocycles. The van der Waals surface area contributed by atoms with Gasteiger partial charge in [-0.15, -0.1) is 0 Å². The third kappa shape index (κ3) is 4.61. The average molecular weight is 341 g/mol. The molecule has 2 aromatic rings. The van der Waals surface area contributed by atoms with Crippen molar-refractivity contribution in [3.63, 3.8) is 0 Å². The molecule has 1 atom stereocenters. The number of rotatable bonds is 6. The predicted molar refractivity (Wildman–Crippen MR) is 93.2 cm³/mol. The summed E-state index contributed by atoms with van der Waals surface area (Å²) in [5, 5.41) is 0. The molecule has 3 rings (SSSR count). The minimum absolute atomic E-state index is 0.0522. The number of methoxy groups -OCH3 is 1. The van der Waals surface area contributed by atoms with Gasteiger partial charge in [-0.2, -0.15) is 0 Å². The number of morpholine rings is 1. The van der Waals surface area contributed by atoms with E-state index in [2.05, 4.69) is 9.97 Å². The van der Waals surface area contributed by atoms with Crippen molar-refractivity contribution in [2.75, 3.05) is 26.9 Å². The summed E-state index contributed by atoms with van der Waals surface area (Å²) in [7, 11) is 1.66. The van der Waals surface area contributed by atoms with Crippen LogP contribution in [0.1, 0.15) is 28.0 Å². The number of benzene rings is 1. The van der Waals surface area contributed by atoms with Crippen molar-refractivity contribution >= 4 is 5.91 Å². The topological polar surface area (TPSA) is 64.5 Å². The van der Waals surface area contributed by atoms with Gasteiger partial charge in [0.05, 0.1) is 31.6 Å². The summed E-state index contributed by atoms with van der Waals surface area (Å²) in [5.41, 5.74) is 2.69. The molecule has 0 radical (unpaired) electrons. The van der Waals surface area contributed by atoms with E-state index in [1.807, 2.05) is 29.2 Å². The van der Waals surface area contributed by atoms with Crippen LogP contribution in [0.25, 0.3) is 0 Å². The Bertz CT molecular complexity index is 676. The SMILES string of the molecule is COCc1ccc(C(=O)N2CCOC[C@H]2CCc2cnccn2)cc1. The number of carbonyl (C=O) groups excluding carboxylic acids is 1. The van der Waals surface area contributed by atoms with Crippen molar-refractivity contribution < 1.29 is 14.3 Å². The molecule has 0 spiro atoms. The van der Waals surface area contributed by atoms with E-state index in [1.165, 1.54) is 0 Å². The number of carbonyl (C=O) groups is 1. The van der Waals surface area contributed by atoms with Gasteiger partial charge in [0, 0.05) is 37.8 Å². The molecule has 6 nitrogen and oxygen atoms in total. The molecule has 0 N–H and O–H groups in total. The number of aromatic nitrogens is 2. The van der Waals surface area contributed by atoms with Gasteiger partial charge in [0.1, 0.15) is 0 Å². The molecular formula is C19H23N3O3. The normalized spacial score (nSPS) is 17.5. The van der Waals surface area contributed by atoms with Crippen molar-refractivity contribution in [1.29, 1.82) is 0 Å². The second kappa shape index (κ2) is 8.69. The van der Waals surface area contributed by atoms with Crippen molar-refractivity contribution in [2.24, 2.45) is 0 Å². The Morgan fingerprint density at radius 2 is 2.16 bits per heavy atom. The minimum atomic E-state index is 0.0522. The fourth-order valence-electron chi connectivity index (χ4n) is 3.01. The number of hydrogen-bond donors (Lipinski definition) is 0. The number of nitrogens with zero attached hydrogens (tertiary/aromatic N) is 3. The Labute approximate surface area is 147 Å². The summed E-state index contributed by atoms with van der Waals surface area (Å²) in [6.45, 7) is 2.31. The summed E-state index contributed by atoms with van der Waals surface area (Å²) in [6, 6.07) is 7.66. The van der Waals surface area contributed by atoms with Crippen molar-refractivity contribution in [1.82, 2.24) is 14.9 Å². The van der Waals surface area contributed by atoms with Crippen LogP contribution in [-0.2, 0) is 22.5 Å². The lowest BCUT2D eigenvalue weighted by Crippen LogP contribution is -2.48. The standard InChI is InChI=1S/C19H23N3O3/c1-24-13-15-2-4-16(5-3-15)19(23)22-10-11-25-14-18(22)7-6-17-12-20-8-9-21-17/h2-5,8-9,12,18H,6-7,10-11,13-14H2,1H3/t18-/m1/s1. The summed E-state index contributed by atoms with van der Waals surface area (Å²) in [4.78, 5) is 23.2. The van der Waals surface area contributed by atoms with E-state index >= 15 is 0 Å². The molecule has 1 fully saturated rings. The van der Waals surface area contributed by atoms with Crippen LogP contribution in [0, 0.1) is 0 Å². The summed E-state index contributed by atoms with van der Waals surface area (Å²) in [5.74, 6) is 0.0522. The van der Waals surface area contributed by atoms with Crippen LogP contribution in [0.4, 0.5) is 0 Å². The highest BCUT2D eigenvalue weighted by Crippen LogP contribution is 2.17. The molecule has 6 heteroatoms. The monoisotopic (exact) mass is 341 g/mol. The molecule has 0 bridgehead atoms. The highest BCUT2D eigenvalue weighted by atomic mass is 16.5. The highest BCUT2D eigenvalue weighted by molar-refractivity contribution is 5.94. The van der Waals surface area contributed by atoms with E-state index in [1.54, 1.807) is 25.7 Å². The van der Waals surface area contributed by atoms with Crippen molar-refractivity contribution in [3.05, 3.63) is 59.7 Å². The predicted octanol–water partition coefficient (Wildman–Crippen LogP) is 2.10. The zero-order valence-corrected chi connectivity index (χ0v) is 14.4. The van der Waals surface area contributed by atoms with E-state index in [0.29, 0.717) is 31.9 Å². The smallest absolute Gasteiger partial charge is 0.254 e. The Hall–Kier alpha value is -2.31. The first-order valence-corrected chi connectivity index (χ1v) is 8.49. The second-order valence-electron chi connectivity index (χ2n) is 6.09. The molecule has 1 aromatic heterocycles. The van der Waals surface area contributed by atoms with Crippen molar-refractivity contribution in [3.8, 4) is 0 Å². The third-order valence-electron chi connectivity index (χ3n) is 4.35. The van der Waals surface area contributed by atoms with Crippen LogP contribution in [0.2, 0.25) is 0 Å². The van der Waals surface area contributed by atoms with Gasteiger partial charge in [0.2, 0.25) is 0 Å². The van der Waals surface area contributed by atoms with Gasteiger partial charge >= 0.3 is 0 Å². The Balaban J connectivity index is 1.66. The molecular weight excluding hydrogens is 318 g/mol. The third-order valence-corrected chi connectivity index (χ3v) is 4.35. The second-order valence-corrected chi connectivity index (χ2v) is 6.09. The van der Waals surface area contributed by atoms with Crippen molar-refractivity contribution in [2.45, 2.75) is 25.5 Å². The Morgan fingerprint density at radius 3 is 2.88 bits per heavy atom. The Morgan fingerprint density at radius 1 is 1.32 bits per heavy atom. The zero-order valence-electron chi connectivity index (χ0n) is 14.4. The number of aryl methyl sites for hydroxylation is 1. The van der Waals surface area contributed by atoms with E-state index in [9.17, 15) is 4.79 Å². The fraction of sp³-hybridized carbons (Fsp3) is 0.421. The average Bonchev–Trinajstić information content (AvgIpc) is 2.68. The first-order chi connectivity index (χ1) is 12.3. The van der Waals surface area contributed by atoms with Crippen LogP contribution in [-0.4, -0.2) is 53.7 Å². The maximum atomic E-state index is 12.9. The minimum Gasteiger partial charge on any atom is -0.380 e. The fourth-order valence-corrected chi connectivity index (χ4v) is 3.01. The van der Waals surface area contributed by atoms with E-state index in [4.69, 9.17) is 9.47 Å². The lowest BCUT2D eigenvalue weighted by Gasteiger charge is -2.35. The molecule has 0 saturated carbocycles. The molecule has 1 saturated heterocycles. The van der Waals surface area contributed by atoms with E-state index < -0.39 is 0 Å². The number of ether oxygens (including phenoxy) is 2. The first-order valence-electron chi connectivity index (χ1n) is 8.49. The largest absolute Gasteiger partial charge is 0.380 e. The van der Waals surface area contributed by atoms with Gasteiger partial charge in [-0.3, -0.25) is 14.8 Å². The molecule has 25 heavy (non-hydrogen) atoms. The first kappa shape index (κ1) is 17.5. The van der Waals surface area contributed by atoms with Gasteiger partial charge in [-0.05, 0) is 30.5 Å². The Kier molecular flexibility index (Phi) is 6.09. The lowest BCUT2D eigenvalue weighted by molar-refractivity contribution is -0.00413. The molecule has 1 aliphatic heterocycles. The molecule has 0 unspecified atom stereocenters. The van der Waals surface area contributed by atoms with Crippen LogP contribution in [0.5, 0.6) is 0 Å². The highest BCUT2D eigenvalue weighted by Gasteiger charge is 2.27. The summed E-state index contributed by atoms with van der Waals surface area (Å²) in [6.07, 6.45) is 6.71. The van der Waals surface area contributed by atoms with Gasteiger partial charge in [-0.1, -0.05) is 12.1 Å². The quantitative estimate of drug-likeness (QED) is 0.805. The van der Waals surface area contributed by atoms with Gasteiger partial charge in [0.15, 0.2) is 0 Å². The zero-order chi connectivity index (χ0) is 17.5. The summed E-state index contributed by atoms with van der Waals surface area (Å²) >= 11 is 0. The van der Waals surface area contributed by atoms with E-state index in [0.717, 1.165) is 24.1 Å². The van der Waals surface area contributed by atoms with Gasteiger partial charge < -0.3 is 14.4 Å². The van der Waals surface area contributed by atoms with Crippen LogP contribution < -0.4 is 0 Å². The molecule has 1 aromatic carbocycles. The van der Waals surface area contributed by atoms with E-state index in [-0.39, 0.29) is 11.9 Å². The molecule has 0 aliphatic carbocycles. The number of amides is 1. The molecule has 1 amide bonds. The van der Waals surface area contributed by atoms with Crippen LogP contribution in [0.15, 0.2) is 42.9 Å². The van der Waals surface area contributed by atoms with Gasteiger partial charge in [-0.25, -0.2) is 0 Å². The molecule has 132 valence electrons. The summed E-state index contributed by atoms with van der Waals surface area (Å²) < 4.78 is 10.7. The van der Waals surface area contributed by atoms with Crippen LogP contribution >= 0.6 is 0 Å². The number of hydrogen-bond acceptors (Lipinski definition) is 5. The van der Waals surface area contributed by atoms with Gasteiger partial charge in [0.25, 0.3) is 5.91 Å². The maximum absolute atomic E-state index is 12.9. The lowest BCUT2D eigenvalue weighted by atomic mass is 10.0.